The summed E-state index contributed by atoms with van der Waals surface area (Å²) in [4.78, 5) is 26.4. The number of quaternary nitrogens is 1. The lowest BCUT2D eigenvalue weighted by atomic mass is 10.2. The highest BCUT2D eigenvalue weighted by molar-refractivity contribution is 5.76. The van der Waals surface area contributed by atoms with Gasteiger partial charge < -0.3 is 15.0 Å². The first-order valence-corrected chi connectivity index (χ1v) is 7.85. The van der Waals surface area contributed by atoms with Crippen LogP contribution in [0.5, 0.6) is 0 Å². The second-order valence-electron chi connectivity index (χ2n) is 5.52. The summed E-state index contributed by atoms with van der Waals surface area (Å²) < 4.78 is 17.8. The molecular formula is C16H23FN3O3+. The van der Waals surface area contributed by atoms with Gasteiger partial charge in [0.2, 0.25) is 0 Å². The Kier molecular flexibility index (Phi) is 6.34. The number of carbonyl (C=O) groups is 2. The zero-order valence-electron chi connectivity index (χ0n) is 13.3. The number of nitrogens with zero attached hydrogens (tertiary/aromatic N) is 1. The number of hydrogen-bond acceptors (Lipinski definition) is 3. The molecule has 0 saturated carbocycles. The summed E-state index contributed by atoms with van der Waals surface area (Å²) in [5, 5.41) is 2.83. The molecule has 2 N–H and O–H groups in total. The van der Waals surface area contributed by atoms with Crippen molar-refractivity contribution >= 4 is 12.0 Å². The minimum absolute atomic E-state index is 0.0473. The molecule has 0 aliphatic carbocycles. The maximum Gasteiger partial charge on any atom is 0.410 e. The average Bonchev–Trinajstić information content (AvgIpc) is 2.55. The van der Waals surface area contributed by atoms with Gasteiger partial charge in [-0.3, -0.25) is 9.69 Å². The molecule has 1 aromatic rings. The van der Waals surface area contributed by atoms with Gasteiger partial charge in [-0.05, 0) is 24.6 Å². The van der Waals surface area contributed by atoms with Crippen molar-refractivity contribution in [2.24, 2.45) is 0 Å². The highest BCUT2D eigenvalue weighted by atomic mass is 19.1. The second-order valence-corrected chi connectivity index (χ2v) is 5.52. The van der Waals surface area contributed by atoms with Gasteiger partial charge in [0.25, 0.3) is 5.91 Å². The van der Waals surface area contributed by atoms with Gasteiger partial charge in [-0.2, -0.15) is 0 Å². The van der Waals surface area contributed by atoms with E-state index in [-0.39, 0.29) is 17.8 Å². The molecule has 1 saturated heterocycles. The van der Waals surface area contributed by atoms with Crippen molar-refractivity contribution in [3.63, 3.8) is 0 Å². The number of carbonyl (C=O) groups excluding carboxylic acids is 2. The molecule has 1 fully saturated rings. The average molecular weight is 324 g/mol. The summed E-state index contributed by atoms with van der Waals surface area (Å²) in [5.41, 5.74) is 0.863. The summed E-state index contributed by atoms with van der Waals surface area (Å²) >= 11 is 0. The minimum atomic E-state index is -0.288. The molecule has 6 nitrogen and oxygen atoms in total. The Bertz CT molecular complexity index is 528. The molecule has 0 spiro atoms. The number of ether oxygens (including phenoxy) is 1. The third kappa shape index (κ3) is 5.52. The largest absolute Gasteiger partial charge is 0.450 e. The predicted octanol–water partition coefficient (Wildman–Crippen LogP) is -0.201. The fourth-order valence-electron chi connectivity index (χ4n) is 2.49. The quantitative estimate of drug-likeness (QED) is 0.788. The Morgan fingerprint density at radius 2 is 1.91 bits per heavy atom. The molecule has 2 amide bonds. The van der Waals surface area contributed by atoms with Crippen LogP contribution >= 0.6 is 0 Å². The zero-order chi connectivity index (χ0) is 16.7. The minimum Gasteiger partial charge on any atom is -0.450 e. The number of nitrogens with one attached hydrogen (secondary N) is 2. The Labute approximate surface area is 135 Å². The lowest BCUT2D eigenvalue weighted by Gasteiger charge is -2.31. The first-order chi connectivity index (χ1) is 11.1. The topological polar surface area (TPSA) is 63.1 Å². The van der Waals surface area contributed by atoms with Crippen LogP contribution in [-0.4, -0.2) is 56.2 Å². The van der Waals surface area contributed by atoms with E-state index in [0.29, 0.717) is 32.8 Å². The Hall–Kier alpha value is -2.15. The molecule has 23 heavy (non-hydrogen) atoms. The predicted molar refractivity (Wildman–Crippen MR) is 82.4 cm³/mol. The van der Waals surface area contributed by atoms with Gasteiger partial charge in [-0.1, -0.05) is 12.1 Å². The molecule has 0 bridgehead atoms. The molecular weight excluding hydrogens is 301 g/mol. The van der Waals surface area contributed by atoms with Crippen LogP contribution in [0.2, 0.25) is 0 Å². The Morgan fingerprint density at radius 3 is 2.52 bits per heavy atom. The molecule has 126 valence electrons. The monoisotopic (exact) mass is 324 g/mol. The molecule has 1 heterocycles. The fourth-order valence-corrected chi connectivity index (χ4v) is 2.49. The van der Waals surface area contributed by atoms with Crippen molar-refractivity contribution < 1.29 is 23.6 Å². The number of piperazine rings is 1. The van der Waals surface area contributed by atoms with Gasteiger partial charge in [0.15, 0.2) is 6.54 Å². The summed E-state index contributed by atoms with van der Waals surface area (Å²) in [6.45, 7) is 5.56. The van der Waals surface area contributed by atoms with E-state index in [9.17, 15) is 14.0 Å². The van der Waals surface area contributed by atoms with E-state index >= 15 is 0 Å². The molecule has 0 unspecified atom stereocenters. The number of amides is 2. The van der Waals surface area contributed by atoms with Crippen LogP contribution in [0, 0.1) is 5.82 Å². The number of rotatable bonds is 5. The highest BCUT2D eigenvalue weighted by Crippen LogP contribution is 2.01. The maximum absolute atomic E-state index is 12.8. The summed E-state index contributed by atoms with van der Waals surface area (Å²) in [7, 11) is 0. The molecule has 7 heteroatoms. The standard InChI is InChI=1S/C16H22FN3O3/c1-2-23-16(22)20-9-7-19(8-10-20)12-15(21)18-11-13-3-5-14(17)6-4-13/h3-6H,2,7-12H2,1H3,(H,18,21)/p+1. The van der Waals surface area contributed by atoms with Crippen LogP contribution in [-0.2, 0) is 16.1 Å². The summed E-state index contributed by atoms with van der Waals surface area (Å²) in [5.74, 6) is -0.335. The van der Waals surface area contributed by atoms with Crippen LogP contribution < -0.4 is 10.2 Å². The lowest BCUT2D eigenvalue weighted by molar-refractivity contribution is -0.896. The first-order valence-electron chi connectivity index (χ1n) is 7.85. The van der Waals surface area contributed by atoms with E-state index in [4.69, 9.17) is 4.74 Å². The summed E-state index contributed by atoms with van der Waals surface area (Å²) in [6.07, 6.45) is -0.285. The molecule has 0 atom stereocenters. The summed E-state index contributed by atoms with van der Waals surface area (Å²) in [6, 6.07) is 6.06. The maximum atomic E-state index is 12.8. The van der Waals surface area contributed by atoms with E-state index in [1.807, 2.05) is 0 Å². The van der Waals surface area contributed by atoms with Crippen LogP contribution in [0.1, 0.15) is 12.5 Å². The van der Waals surface area contributed by atoms with E-state index in [1.54, 1.807) is 24.0 Å². The van der Waals surface area contributed by atoms with Crippen molar-refractivity contribution in [3.05, 3.63) is 35.6 Å². The van der Waals surface area contributed by atoms with Crippen LogP contribution in [0.25, 0.3) is 0 Å². The van der Waals surface area contributed by atoms with Gasteiger partial charge >= 0.3 is 6.09 Å². The van der Waals surface area contributed by atoms with E-state index < -0.39 is 0 Å². The van der Waals surface area contributed by atoms with Crippen molar-refractivity contribution in [2.45, 2.75) is 13.5 Å². The Balaban J connectivity index is 1.68. The third-order valence-electron chi connectivity index (χ3n) is 3.81. The SMILES string of the molecule is CCOC(=O)N1CC[NH+](CC(=O)NCc2ccc(F)cc2)CC1. The van der Waals surface area contributed by atoms with Crippen molar-refractivity contribution in [1.82, 2.24) is 10.2 Å². The fraction of sp³-hybridized carbons (Fsp3) is 0.500. The molecule has 2 rings (SSSR count). The van der Waals surface area contributed by atoms with E-state index in [0.717, 1.165) is 23.6 Å². The zero-order valence-corrected chi connectivity index (χ0v) is 13.3. The molecule has 0 radical (unpaired) electrons. The number of halogens is 1. The smallest absolute Gasteiger partial charge is 0.410 e. The van der Waals surface area contributed by atoms with E-state index in [2.05, 4.69) is 5.32 Å². The highest BCUT2D eigenvalue weighted by Gasteiger charge is 2.25. The Morgan fingerprint density at radius 1 is 1.26 bits per heavy atom. The van der Waals surface area contributed by atoms with Crippen molar-refractivity contribution in [1.29, 1.82) is 0 Å². The van der Waals surface area contributed by atoms with Crippen molar-refractivity contribution in [2.75, 3.05) is 39.3 Å². The van der Waals surface area contributed by atoms with Crippen molar-refractivity contribution in [3.8, 4) is 0 Å². The lowest BCUT2D eigenvalue weighted by Crippen LogP contribution is -3.15. The van der Waals surface area contributed by atoms with E-state index in [1.165, 1.54) is 12.1 Å². The molecule has 1 aliphatic heterocycles. The van der Waals surface area contributed by atoms with Gasteiger partial charge in [0.1, 0.15) is 5.82 Å². The molecule has 1 aliphatic rings. The number of hydrogen-bond donors (Lipinski definition) is 2. The van der Waals surface area contributed by atoms with Gasteiger partial charge in [-0.25, -0.2) is 9.18 Å². The molecule has 0 aromatic heterocycles. The van der Waals surface area contributed by atoms with Crippen LogP contribution in [0.15, 0.2) is 24.3 Å². The second kappa shape index (κ2) is 8.47. The third-order valence-corrected chi connectivity index (χ3v) is 3.81. The van der Waals surface area contributed by atoms with Crippen LogP contribution in [0.4, 0.5) is 9.18 Å². The number of benzene rings is 1. The van der Waals surface area contributed by atoms with Gasteiger partial charge in [0, 0.05) is 6.54 Å². The first kappa shape index (κ1) is 17.2. The molecule has 1 aromatic carbocycles. The van der Waals surface area contributed by atoms with Gasteiger partial charge in [-0.15, -0.1) is 0 Å². The van der Waals surface area contributed by atoms with Gasteiger partial charge in [0.05, 0.1) is 32.8 Å². The van der Waals surface area contributed by atoms with Crippen LogP contribution in [0.3, 0.4) is 0 Å². The normalized spacial score (nSPS) is 15.3.